The predicted octanol–water partition coefficient (Wildman–Crippen LogP) is 0.387. The molecule has 0 aromatic rings. The van der Waals surface area contributed by atoms with Gasteiger partial charge in [0, 0.05) is 25.4 Å². The standard InChI is InChI=1S/C13H23N3O2S/c1-16(7-8-19(2,17)18)10-13(9-14,11-3-4-11)15-12-5-6-12/h11-12,15H,3-8,10H2,1-2H3. The molecule has 0 aliphatic heterocycles. The maximum absolute atomic E-state index is 11.2. The maximum Gasteiger partial charge on any atom is 0.148 e. The first-order valence-electron chi connectivity index (χ1n) is 6.90. The first kappa shape index (κ1) is 14.8. The van der Waals surface area contributed by atoms with Crippen LogP contribution in [-0.4, -0.2) is 57.0 Å². The zero-order chi connectivity index (χ0) is 14.1. The molecule has 0 bridgehead atoms. The van der Waals surface area contributed by atoms with E-state index < -0.39 is 15.4 Å². The third kappa shape index (κ3) is 4.44. The number of rotatable bonds is 8. The third-order valence-corrected chi connectivity index (χ3v) is 4.80. The molecule has 108 valence electrons. The summed E-state index contributed by atoms with van der Waals surface area (Å²) >= 11 is 0. The fourth-order valence-corrected chi connectivity index (χ4v) is 3.09. The molecule has 1 unspecified atom stereocenters. The van der Waals surface area contributed by atoms with Gasteiger partial charge in [0.2, 0.25) is 0 Å². The van der Waals surface area contributed by atoms with Gasteiger partial charge in [0.1, 0.15) is 15.4 Å². The van der Waals surface area contributed by atoms with Crippen LogP contribution in [0.5, 0.6) is 0 Å². The number of likely N-dealkylation sites (N-methyl/N-ethyl adjacent to an activating group) is 1. The minimum Gasteiger partial charge on any atom is -0.302 e. The minimum atomic E-state index is -2.94. The Bertz CT molecular complexity index is 463. The second-order valence-corrected chi connectivity index (χ2v) is 8.40. The van der Waals surface area contributed by atoms with Gasteiger partial charge < -0.3 is 4.90 Å². The fourth-order valence-electron chi connectivity index (χ4n) is 2.45. The van der Waals surface area contributed by atoms with E-state index in [-0.39, 0.29) is 5.75 Å². The summed E-state index contributed by atoms with van der Waals surface area (Å²) < 4.78 is 22.4. The molecule has 5 nitrogen and oxygen atoms in total. The van der Waals surface area contributed by atoms with E-state index in [0.29, 0.717) is 25.0 Å². The Morgan fingerprint density at radius 1 is 1.37 bits per heavy atom. The van der Waals surface area contributed by atoms with Crippen LogP contribution < -0.4 is 5.32 Å². The highest BCUT2D eigenvalue weighted by Crippen LogP contribution is 2.41. The molecule has 0 amide bonds. The zero-order valence-corrected chi connectivity index (χ0v) is 12.5. The highest BCUT2D eigenvalue weighted by Gasteiger charge is 2.48. The molecule has 2 rings (SSSR count). The fraction of sp³-hybridized carbons (Fsp3) is 0.923. The first-order valence-corrected chi connectivity index (χ1v) is 8.96. The van der Waals surface area contributed by atoms with E-state index in [1.165, 1.54) is 6.26 Å². The van der Waals surface area contributed by atoms with Gasteiger partial charge in [0.25, 0.3) is 0 Å². The van der Waals surface area contributed by atoms with Crippen molar-refractivity contribution in [1.82, 2.24) is 10.2 Å². The molecule has 1 atom stereocenters. The summed E-state index contributed by atoms with van der Waals surface area (Å²) in [5.74, 6) is 0.581. The molecule has 19 heavy (non-hydrogen) atoms. The van der Waals surface area contributed by atoms with Gasteiger partial charge in [-0.3, -0.25) is 5.32 Å². The maximum atomic E-state index is 11.2. The van der Waals surface area contributed by atoms with E-state index in [1.54, 1.807) is 0 Å². The summed E-state index contributed by atoms with van der Waals surface area (Å²) in [4.78, 5) is 1.97. The molecule has 0 saturated heterocycles. The molecular weight excluding hydrogens is 262 g/mol. The highest BCUT2D eigenvalue weighted by molar-refractivity contribution is 7.90. The number of sulfone groups is 1. The molecule has 6 heteroatoms. The van der Waals surface area contributed by atoms with Gasteiger partial charge in [-0.25, -0.2) is 8.42 Å². The molecule has 0 spiro atoms. The Labute approximate surface area is 115 Å². The molecule has 0 heterocycles. The van der Waals surface area contributed by atoms with Crippen LogP contribution in [0, 0.1) is 17.2 Å². The lowest BCUT2D eigenvalue weighted by Gasteiger charge is -2.32. The lowest BCUT2D eigenvalue weighted by Crippen LogP contribution is -2.55. The smallest absolute Gasteiger partial charge is 0.148 e. The molecule has 0 aromatic heterocycles. The van der Waals surface area contributed by atoms with Gasteiger partial charge in [-0.05, 0) is 38.6 Å². The lowest BCUT2D eigenvalue weighted by atomic mass is 9.94. The Morgan fingerprint density at radius 3 is 2.42 bits per heavy atom. The van der Waals surface area contributed by atoms with Crippen LogP contribution in [0.25, 0.3) is 0 Å². The van der Waals surface area contributed by atoms with Crippen molar-refractivity contribution >= 4 is 9.84 Å². The van der Waals surface area contributed by atoms with Crippen molar-refractivity contribution in [3.8, 4) is 6.07 Å². The Kier molecular flexibility index (Phi) is 4.19. The van der Waals surface area contributed by atoms with Gasteiger partial charge in [-0.1, -0.05) is 0 Å². The SMILES string of the molecule is CN(CCS(C)(=O)=O)CC(C#N)(NC1CC1)C1CC1. The Balaban J connectivity index is 1.93. The average Bonchev–Trinajstić information content (AvgIpc) is 3.15. The van der Waals surface area contributed by atoms with Gasteiger partial charge in [-0.15, -0.1) is 0 Å². The van der Waals surface area contributed by atoms with E-state index in [4.69, 9.17) is 0 Å². The highest BCUT2D eigenvalue weighted by atomic mass is 32.2. The number of hydrogen-bond acceptors (Lipinski definition) is 5. The Hall–Kier alpha value is -0.640. The number of nitriles is 1. The molecule has 1 N–H and O–H groups in total. The number of hydrogen-bond donors (Lipinski definition) is 1. The van der Waals surface area contributed by atoms with Crippen LogP contribution >= 0.6 is 0 Å². The van der Waals surface area contributed by atoms with Crippen LogP contribution in [0.4, 0.5) is 0 Å². The molecule has 2 saturated carbocycles. The van der Waals surface area contributed by atoms with Gasteiger partial charge >= 0.3 is 0 Å². The van der Waals surface area contributed by atoms with Crippen molar-refractivity contribution in [2.24, 2.45) is 5.92 Å². The van der Waals surface area contributed by atoms with Crippen molar-refractivity contribution in [3.63, 3.8) is 0 Å². The second-order valence-electron chi connectivity index (χ2n) is 6.14. The van der Waals surface area contributed by atoms with E-state index in [2.05, 4.69) is 11.4 Å². The van der Waals surface area contributed by atoms with Crippen molar-refractivity contribution in [2.75, 3.05) is 32.1 Å². The second kappa shape index (κ2) is 5.39. The normalized spacial score (nSPS) is 23.1. The van der Waals surface area contributed by atoms with Crippen LogP contribution in [-0.2, 0) is 9.84 Å². The summed E-state index contributed by atoms with van der Waals surface area (Å²) in [6, 6.07) is 2.96. The first-order chi connectivity index (χ1) is 8.85. The van der Waals surface area contributed by atoms with Crippen molar-refractivity contribution in [1.29, 1.82) is 5.26 Å². The van der Waals surface area contributed by atoms with Crippen LogP contribution in [0.15, 0.2) is 0 Å². The average molecular weight is 285 g/mol. The zero-order valence-electron chi connectivity index (χ0n) is 11.7. The van der Waals surface area contributed by atoms with Crippen LogP contribution in [0.1, 0.15) is 25.7 Å². The minimum absolute atomic E-state index is 0.152. The number of nitrogens with one attached hydrogen (secondary N) is 1. The molecule has 0 aromatic carbocycles. The predicted molar refractivity (Wildman–Crippen MR) is 74.4 cm³/mol. The van der Waals surface area contributed by atoms with Crippen molar-refractivity contribution < 1.29 is 8.42 Å². The van der Waals surface area contributed by atoms with E-state index in [0.717, 1.165) is 25.7 Å². The van der Waals surface area contributed by atoms with Crippen LogP contribution in [0.3, 0.4) is 0 Å². The van der Waals surface area contributed by atoms with E-state index in [9.17, 15) is 13.7 Å². The molecular formula is C13H23N3O2S. The van der Waals surface area contributed by atoms with Gasteiger partial charge in [0.05, 0.1) is 11.8 Å². The van der Waals surface area contributed by atoms with Gasteiger partial charge in [-0.2, -0.15) is 5.26 Å². The molecule has 2 aliphatic rings. The topological polar surface area (TPSA) is 73.2 Å². The monoisotopic (exact) mass is 285 g/mol. The van der Waals surface area contributed by atoms with Crippen molar-refractivity contribution in [3.05, 3.63) is 0 Å². The van der Waals surface area contributed by atoms with Crippen molar-refractivity contribution in [2.45, 2.75) is 37.3 Å². The third-order valence-electron chi connectivity index (χ3n) is 3.88. The van der Waals surface area contributed by atoms with E-state index >= 15 is 0 Å². The van der Waals surface area contributed by atoms with E-state index in [1.807, 2.05) is 11.9 Å². The molecule has 2 fully saturated rings. The summed E-state index contributed by atoms with van der Waals surface area (Å²) in [6.07, 6.45) is 5.77. The van der Waals surface area contributed by atoms with Crippen LogP contribution in [0.2, 0.25) is 0 Å². The quantitative estimate of drug-likeness (QED) is 0.698. The lowest BCUT2D eigenvalue weighted by molar-refractivity contribution is 0.234. The number of nitrogens with zero attached hydrogens (tertiary/aromatic N) is 2. The summed E-state index contributed by atoms with van der Waals surface area (Å²) in [5, 5.41) is 13.1. The molecule has 0 radical (unpaired) electrons. The molecule has 2 aliphatic carbocycles. The summed E-state index contributed by atoms with van der Waals surface area (Å²) in [6.45, 7) is 1.10. The largest absolute Gasteiger partial charge is 0.302 e. The summed E-state index contributed by atoms with van der Waals surface area (Å²) in [7, 11) is -1.04. The summed E-state index contributed by atoms with van der Waals surface area (Å²) in [5.41, 5.74) is -0.479. The Morgan fingerprint density at radius 2 is 2.00 bits per heavy atom. The van der Waals surface area contributed by atoms with Gasteiger partial charge in [0.15, 0.2) is 0 Å².